The second kappa shape index (κ2) is 6.45. The first-order valence-electron chi connectivity index (χ1n) is 5.40. The Bertz CT molecular complexity index is 438. The molecule has 0 radical (unpaired) electrons. The van der Waals surface area contributed by atoms with Gasteiger partial charge < -0.3 is 16.2 Å². The molecule has 4 nitrogen and oxygen atoms in total. The quantitative estimate of drug-likeness (QED) is 0.719. The number of nitrogens with one attached hydrogen (secondary N) is 1. The van der Waals surface area contributed by atoms with E-state index < -0.39 is 5.60 Å². The number of carbonyl (C=O) groups excluding carboxylic acids is 1. The molecule has 0 aliphatic heterocycles. The lowest BCUT2D eigenvalue weighted by Crippen LogP contribution is -2.42. The van der Waals surface area contributed by atoms with Gasteiger partial charge in [0.2, 0.25) is 0 Å². The van der Waals surface area contributed by atoms with Gasteiger partial charge >= 0.3 is 0 Å². The molecule has 0 saturated carbocycles. The molecule has 100 valence electrons. The molecule has 0 bridgehead atoms. The first-order chi connectivity index (χ1) is 8.35. The second-order valence-electron chi connectivity index (χ2n) is 4.34. The number of hydrogen-bond donors (Lipinski definition) is 3. The minimum absolute atomic E-state index is 0.193. The molecule has 0 spiro atoms. The van der Waals surface area contributed by atoms with E-state index in [0.29, 0.717) is 17.0 Å². The predicted molar refractivity (Wildman–Crippen MR) is 79.9 cm³/mol. The maximum absolute atomic E-state index is 11.9. The molecule has 0 aliphatic rings. The van der Waals surface area contributed by atoms with Crippen LogP contribution in [-0.2, 0) is 0 Å². The van der Waals surface area contributed by atoms with Crippen molar-refractivity contribution in [3.63, 3.8) is 0 Å². The van der Waals surface area contributed by atoms with E-state index in [2.05, 4.69) is 21.2 Å². The van der Waals surface area contributed by atoms with Gasteiger partial charge in [0.15, 0.2) is 0 Å². The van der Waals surface area contributed by atoms with Crippen molar-refractivity contribution < 1.29 is 9.90 Å². The summed E-state index contributed by atoms with van der Waals surface area (Å²) in [5.74, 6) is 0.275. The van der Waals surface area contributed by atoms with Gasteiger partial charge in [-0.05, 0) is 31.4 Å². The molecule has 0 aliphatic carbocycles. The molecule has 1 aromatic carbocycles. The highest BCUT2D eigenvalue weighted by Gasteiger charge is 2.21. The largest absolute Gasteiger partial charge is 0.398 e. The van der Waals surface area contributed by atoms with E-state index >= 15 is 0 Å². The van der Waals surface area contributed by atoms with Crippen LogP contribution in [0.1, 0.15) is 17.3 Å². The first kappa shape index (κ1) is 15.3. The molecular formula is C12H17BrN2O2S. The smallest absolute Gasteiger partial charge is 0.253 e. The van der Waals surface area contributed by atoms with Crippen molar-refractivity contribution in [2.45, 2.75) is 12.5 Å². The van der Waals surface area contributed by atoms with Gasteiger partial charge in [0, 0.05) is 22.5 Å². The summed E-state index contributed by atoms with van der Waals surface area (Å²) in [4.78, 5) is 11.9. The fourth-order valence-electron chi connectivity index (χ4n) is 1.45. The zero-order valence-electron chi connectivity index (χ0n) is 10.4. The molecule has 1 aromatic rings. The van der Waals surface area contributed by atoms with Crippen LogP contribution in [0.2, 0.25) is 0 Å². The molecule has 18 heavy (non-hydrogen) atoms. The number of anilines is 1. The van der Waals surface area contributed by atoms with Gasteiger partial charge in [-0.2, -0.15) is 11.8 Å². The highest BCUT2D eigenvalue weighted by atomic mass is 79.9. The molecule has 1 amide bonds. The van der Waals surface area contributed by atoms with Crippen LogP contribution in [0.5, 0.6) is 0 Å². The van der Waals surface area contributed by atoms with Crippen LogP contribution in [0.4, 0.5) is 5.69 Å². The lowest BCUT2D eigenvalue weighted by Gasteiger charge is -2.22. The van der Waals surface area contributed by atoms with Crippen molar-refractivity contribution in [3.05, 3.63) is 28.2 Å². The fraction of sp³-hybridized carbons (Fsp3) is 0.417. The highest BCUT2D eigenvalue weighted by molar-refractivity contribution is 9.10. The van der Waals surface area contributed by atoms with Gasteiger partial charge in [-0.3, -0.25) is 4.79 Å². The Morgan fingerprint density at radius 2 is 2.28 bits per heavy atom. The number of thioether (sulfide) groups is 1. The maximum Gasteiger partial charge on any atom is 0.253 e. The van der Waals surface area contributed by atoms with Crippen LogP contribution in [0.3, 0.4) is 0 Å². The number of amides is 1. The number of halogens is 1. The average molecular weight is 333 g/mol. The molecule has 0 fully saturated rings. The van der Waals surface area contributed by atoms with E-state index in [0.717, 1.165) is 4.47 Å². The Labute approximate surface area is 119 Å². The summed E-state index contributed by atoms with van der Waals surface area (Å²) in [6.45, 7) is 1.88. The van der Waals surface area contributed by atoms with Gasteiger partial charge in [-0.1, -0.05) is 15.9 Å². The van der Waals surface area contributed by atoms with Gasteiger partial charge in [-0.25, -0.2) is 0 Å². The number of nitrogen functional groups attached to an aromatic ring is 1. The Morgan fingerprint density at radius 3 is 2.89 bits per heavy atom. The summed E-state index contributed by atoms with van der Waals surface area (Å²) in [6.07, 6.45) is 1.91. The Balaban J connectivity index is 2.69. The summed E-state index contributed by atoms with van der Waals surface area (Å²) in [6, 6.07) is 5.10. The van der Waals surface area contributed by atoms with Gasteiger partial charge in [0.1, 0.15) is 0 Å². The zero-order valence-corrected chi connectivity index (χ0v) is 12.8. The zero-order chi connectivity index (χ0) is 13.8. The third-order valence-electron chi connectivity index (χ3n) is 2.35. The number of aliphatic hydroxyl groups is 1. The van der Waals surface area contributed by atoms with E-state index in [9.17, 15) is 9.90 Å². The minimum Gasteiger partial charge on any atom is -0.398 e. The van der Waals surface area contributed by atoms with Crippen molar-refractivity contribution in [3.8, 4) is 0 Å². The number of nitrogens with two attached hydrogens (primary N) is 1. The molecule has 0 heterocycles. The predicted octanol–water partition coefficient (Wildman–Crippen LogP) is 1.88. The van der Waals surface area contributed by atoms with E-state index in [4.69, 9.17) is 5.73 Å². The van der Waals surface area contributed by atoms with Crippen LogP contribution in [0.25, 0.3) is 0 Å². The lowest BCUT2D eigenvalue weighted by atomic mass is 10.1. The minimum atomic E-state index is -0.921. The standard InChI is InChI=1S/C12H17BrN2O2S/c1-12(17,7-18-2)6-15-11(16)9-5-8(13)3-4-10(9)14/h3-5,17H,6-7,14H2,1-2H3,(H,15,16). The second-order valence-corrected chi connectivity index (χ2v) is 6.13. The highest BCUT2D eigenvalue weighted by Crippen LogP contribution is 2.18. The Kier molecular flexibility index (Phi) is 5.49. The summed E-state index contributed by atoms with van der Waals surface area (Å²) in [5.41, 5.74) is 5.64. The van der Waals surface area contributed by atoms with Gasteiger partial charge in [0.25, 0.3) is 5.91 Å². The van der Waals surface area contributed by atoms with Crippen LogP contribution in [-0.4, -0.2) is 35.2 Å². The summed E-state index contributed by atoms with van der Waals surface area (Å²) in [5, 5.41) is 12.6. The number of carbonyl (C=O) groups is 1. The third kappa shape index (κ3) is 4.51. The molecule has 6 heteroatoms. The summed E-state index contributed by atoms with van der Waals surface area (Å²) < 4.78 is 0.790. The van der Waals surface area contributed by atoms with Crippen LogP contribution in [0.15, 0.2) is 22.7 Å². The van der Waals surface area contributed by atoms with Crippen molar-refractivity contribution in [1.82, 2.24) is 5.32 Å². The summed E-state index contributed by atoms with van der Waals surface area (Å²) in [7, 11) is 0. The molecule has 1 rings (SSSR count). The number of rotatable bonds is 5. The molecule has 0 aromatic heterocycles. The maximum atomic E-state index is 11.9. The Morgan fingerprint density at radius 1 is 1.61 bits per heavy atom. The van der Waals surface area contributed by atoms with Crippen molar-refractivity contribution in [1.29, 1.82) is 0 Å². The molecular weight excluding hydrogens is 316 g/mol. The van der Waals surface area contributed by atoms with E-state index in [-0.39, 0.29) is 12.5 Å². The SMILES string of the molecule is CSCC(C)(O)CNC(=O)c1cc(Br)ccc1N. The molecule has 1 atom stereocenters. The van der Waals surface area contributed by atoms with Crippen molar-refractivity contribution in [2.24, 2.45) is 0 Å². The Hall–Kier alpha value is -0.720. The first-order valence-corrected chi connectivity index (χ1v) is 7.59. The fourth-order valence-corrected chi connectivity index (χ4v) is 2.54. The topological polar surface area (TPSA) is 75.3 Å². The van der Waals surface area contributed by atoms with Crippen LogP contribution >= 0.6 is 27.7 Å². The molecule has 4 N–H and O–H groups in total. The van der Waals surface area contributed by atoms with E-state index in [1.807, 2.05) is 6.26 Å². The van der Waals surface area contributed by atoms with Crippen molar-refractivity contribution >= 4 is 39.3 Å². The number of hydrogen-bond acceptors (Lipinski definition) is 4. The normalized spacial score (nSPS) is 14.0. The lowest BCUT2D eigenvalue weighted by molar-refractivity contribution is 0.0725. The average Bonchev–Trinajstić information content (AvgIpc) is 2.29. The van der Waals surface area contributed by atoms with E-state index in [1.54, 1.807) is 25.1 Å². The van der Waals surface area contributed by atoms with Crippen molar-refractivity contribution in [2.75, 3.05) is 24.3 Å². The molecule has 1 unspecified atom stereocenters. The third-order valence-corrected chi connectivity index (χ3v) is 3.75. The number of benzene rings is 1. The van der Waals surface area contributed by atoms with Gasteiger partial charge in [-0.15, -0.1) is 0 Å². The monoisotopic (exact) mass is 332 g/mol. The van der Waals surface area contributed by atoms with Gasteiger partial charge in [0.05, 0.1) is 11.2 Å². The van der Waals surface area contributed by atoms with E-state index in [1.165, 1.54) is 11.8 Å². The van der Waals surface area contributed by atoms with Crippen LogP contribution in [0, 0.1) is 0 Å². The molecule has 0 saturated heterocycles. The summed E-state index contributed by atoms with van der Waals surface area (Å²) >= 11 is 4.82. The van der Waals surface area contributed by atoms with Crippen LogP contribution < -0.4 is 11.1 Å².